The number of likely N-dealkylation sites (tertiary alicyclic amines) is 1. The summed E-state index contributed by atoms with van der Waals surface area (Å²) < 4.78 is 0. The fourth-order valence-corrected chi connectivity index (χ4v) is 1.64. The Labute approximate surface area is 61.8 Å². The predicted molar refractivity (Wildman–Crippen MR) is 39.8 cm³/mol. The van der Waals surface area contributed by atoms with Crippen molar-refractivity contribution in [2.45, 2.75) is 25.4 Å². The molecule has 0 spiro atoms. The zero-order valence-corrected chi connectivity index (χ0v) is 6.29. The van der Waals surface area contributed by atoms with Crippen molar-refractivity contribution >= 4 is 0 Å². The SMILES string of the molecule is O[C@@H]1CCN(CC2CC2)C1. The molecule has 58 valence electrons. The molecule has 1 heterocycles. The lowest BCUT2D eigenvalue weighted by Gasteiger charge is -2.12. The standard InChI is InChI=1S/C8H15NO/c10-8-3-4-9(6-8)5-7-1-2-7/h7-8,10H,1-6H2/t8-/m1/s1. The van der Waals surface area contributed by atoms with Crippen LogP contribution in [0.15, 0.2) is 0 Å². The molecule has 0 bridgehead atoms. The summed E-state index contributed by atoms with van der Waals surface area (Å²) in [7, 11) is 0. The number of β-amino-alcohol motifs (C(OH)–C–C–N with tert-alkyl or cyclic N) is 1. The minimum Gasteiger partial charge on any atom is -0.392 e. The Balaban J connectivity index is 1.72. The first-order valence-electron chi connectivity index (χ1n) is 4.25. The average molecular weight is 141 g/mol. The highest BCUT2D eigenvalue weighted by molar-refractivity contribution is 4.81. The molecule has 2 heteroatoms. The van der Waals surface area contributed by atoms with Gasteiger partial charge in [-0.1, -0.05) is 0 Å². The van der Waals surface area contributed by atoms with Crippen molar-refractivity contribution in [2.24, 2.45) is 5.92 Å². The normalized spacial score (nSPS) is 35.1. The lowest BCUT2D eigenvalue weighted by atomic mass is 10.3. The van der Waals surface area contributed by atoms with Crippen LogP contribution in [0.5, 0.6) is 0 Å². The van der Waals surface area contributed by atoms with E-state index in [1.54, 1.807) is 0 Å². The molecule has 0 aromatic heterocycles. The predicted octanol–water partition coefficient (Wildman–Crippen LogP) is 0.463. The Morgan fingerprint density at radius 1 is 1.30 bits per heavy atom. The van der Waals surface area contributed by atoms with Gasteiger partial charge in [0.2, 0.25) is 0 Å². The fourth-order valence-electron chi connectivity index (χ4n) is 1.64. The van der Waals surface area contributed by atoms with Crippen LogP contribution in [0.2, 0.25) is 0 Å². The van der Waals surface area contributed by atoms with Gasteiger partial charge in [0.25, 0.3) is 0 Å². The summed E-state index contributed by atoms with van der Waals surface area (Å²) in [6, 6.07) is 0. The van der Waals surface area contributed by atoms with Gasteiger partial charge in [-0.2, -0.15) is 0 Å². The van der Waals surface area contributed by atoms with Gasteiger partial charge in [-0.25, -0.2) is 0 Å². The van der Waals surface area contributed by atoms with Crippen LogP contribution in [0.25, 0.3) is 0 Å². The third-order valence-electron chi connectivity index (χ3n) is 2.46. The summed E-state index contributed by atoms with van der Waals surface area (Å²) in [6.07, 6.45) is 3.81. The molecule has 2 nitrogen and oxygen atoms in total. The van der Waals surface area contributed by atoms with Gasteiger partial charge in [0.15, 0.2) is 0 Å². The maximum atomic E-state index is 9.19. The van der Waals surface area contributed by atoms with Crippen molar-refractivity contribution in [3.8, 4) is 0 Å². The highest BCUT2D eigenvalue weighted by atomic mass is 16.3. The summed E-state index contributed by atoms with van der Waals surface area (Å²) >= 11 is 0. The second-order valence-corrected chi connectivity index (χ2v) is 3.65. The molecule has 0 aromatic rings. The molecular weight excluding hydrogens is 126 g/mol. The first-order chi connectivity index (χ1) is 4.84. The van der Waals surface area contributed by atoms with E-state index in [9.17, 15) is 5.11 Å². The van der Waals surface area contributed by atoms with E-state index >= 15 is 0 Å². The van der Waals surface area contributed by atoms with E-state index in [1.165, 1.54) is 19.4 Å². The molecule has 10 heavy (non-hydrogen) atoms. The van der Waals surface area contributed by atoms with Gasteiger partial charge >= 0.3 is 0 Å². The van der Waals surface area contributed by atoms with Crippen molar-refractivity contribution in [1.82, 2.24) is 4.90 Å². The summed E-state index contributed by atoms with van der Waals surface area (Å²) in [5, 5.41) is 9.19. The van der Waals surface area contributed by atoms with Crippen molar-refractivity contribution < 1.29 is 5.11 Å². The van der Waals surface area contributed by atoms with Gasteiger partial charge in [0.05, 0.1) is 6.10 Å². The number of hydrogen-bond donors (Lipinski definition) is 1. The molecule has 0 amide bonds. The van der Waals surface area contributed by atoms with Gasteiger partial charge in [0.1, 0.15) is 0 Å². The van der Waals surface area contributed by atoms with Gasteiger partial charge in [-0.3, -0.25) is 0 Å². The van der Waals surface area contributed by atoms with Gasteiger partial charge in [-0.15, -0.1) is 0 Å². The number of aliphatic hydroxyl groups excluding tert-OH is 1. The van der Waals surface area contributed by atoms with E-state index in [-0.39, 0.29) is 6.10 Å². The molecule has 2 rings (SSSR count). The van der Waals surface area contributed by atoms with Crippen LogP contribution in [0.3, 0.4) is 0 Å². The van der Waals surface area contributed by atoms with Crippen LogP contribution >= 0.6 is 0 Å². The van der Waals surface area contributed by atoms with Crippen LogP contribution < -0.4 is 0 Å². The van der Waals surface area contributed by atoms with Crippen LogP contribution in [0.4, 0.5) is 0 Å². The lowest BCUT2D eigenvalue weighted by molar-refractivity contribution is 0.175. The van der Waals surface area contributed by atoms with E-state index < -0.39 is 0 Å². The maximum absolute atomic E-state index is 9.19. The Morgan fingerprint density at radius 3 is 2.60 bits per heavy atom. The molecule has 1 aliphatic carbocycles. The number of aliphatic hydroxyl groups is 1. The Kier molecular flexibility index (Phi) is 1.66. The van der Waals surface area contributed by atoms with Crippen molar-refractivity contribution in [2.75, 3.05) is 19.6 Å². The zero-order valence-electron chi connectivity index (χ0n) is 6.29. The van der Waals surface area contributed by atoms with Crippen molar-refractivity contribution in [1.29, 1.82) is 0 Å². The first kappa shape index (κ1) is 6.62. The van der Waals surface area contributed by atoms with Crippen LogP contribution in [-0.4, -0.2) is 35.7 Å². The van der Waals surface area contributed by atoms with E-state index in [0.29, 0.717) is 0 Å². The molecule has 0 unspecified atom stereocenters. The van der Waals surface area contributed by atoms with Crippen molar-refractivity contribution in [3.05, 3.63) is 0 Å². The number of nitrogens with zero attached hydrogens (tertiary/aromatic N) is 1. The molecule has 1 saturated heterocycles. The van der Waals surface area contributed by atoms with E-state index in [1.807, 2.05) is 0 Å². The first-order valence-corrected chi connectivity index (χ1v) is 4.25. The second kappa shape index (κ2) is 2.51. The average Bonchev–Trinajstić information content (AvgIpc) is 2.59. The van der Waals surface area contributed by atoms with Gasteiger partial charge in [0, 0.05) is 19.6 Å². The molecule has 1 saturated carbocycles. The van der Waals surface area contributed by atoms with E-state index in [2.05, 4.69) is 4.90 Å². The van der Waals surface area contributed by atoms with Gasteiger partial charge in [-0.05, 0) is 25.2 Å². The van der Waals surface area contributed by atoms with Crippen LogP contribution in [0.1, 0.15) is 19.3 Å². The largest absolute Gasteiger partial charge is 0.392 e. The molecular formula is C8H15NO. The van der Waals surface area contributed by atoms with Gasteiger partial charge < -0.3 is 10.0 Å². The highest BCUT2D eigenvalue weighted by Crippen LogP contribution is 2.30. The van der Waals surface area contributed by atoms with Crippen LogP contribution in [-0.2, 0) is 0 Å². The van der Waals surface area contributed by atoms with Crippen LogP contribution in [0, 0.1) is 5.92 Å². The lowest BCUT2D eigenvalue weighted by Crippen LogP contribution is -2.24. The minimum absolute atomic E-state index is 0.0289. The molecule has 2 aliphatic rings. The summed E-state index contributed by atoms with van der Waals surface area (Å²) in [4.78, 5) is 2.39. The molecule has 2 fully saturated rings. The maximum Gasteiger partial charge on any atom is 0.0679 e. The van der Waals surface area contributed by atoms with E-state index in [0.717, 1.165) is 25.4 Å². The molecule has 1 aliphatic heterocycles. The van der Waals surface area contributed by atoms with E-state index in [4.69, 9.17) is 0 Å². The fraction of sp³-hybridized carbons (Fsp3) is 1.00. The highest BCUT2D eigenvalue weighted by Gasteiger charge is 2.27. The quantitative estimate of drug-likeness (QED) is 0.604. The minimum atomic E-state index is -0.0289. The molecule has 0 aromatic carbocycles. The molecule has 0 radical (unpaired) electrons. The zero-order chi connectivity index (χ0) is 6.97. The smallest absolute Gasteiger partial charge is 0.0679 e. The molecule has 1 N–H and O–H groups in total. The second-order valence-electron chi connectivity index (χ2n) is 3.65. The Bertz CT molecular complexity index is 122. The van der Waals surface area contributed by atoms with Crippen molar-refractivity contribution in [3.63, 3.8) is 0 Å². The number of hydrogen-bond acceptors (Lipinski definition) is 2. The third kappa shape index (κ3) is 1.50. The number of rotatable bonds is 2. The third-order valence-corrected chi connectivity index (χ3v) is 2.46. The Morgan fingerprint density at radius 2 is 2.10 bits per heavy atom. The molecule has 1 atom stereocenters. The Hall–Kier alpha value is -0.0800. The topological polar surface area (TPSA) is 23.5 Å². The summed E-state index contributed by atoms with van der Waals surface area (Å²) in [5.41, 5.74) is 0. The monoisotopic (exact) mass is 141 g/mol. The summed E-state index contributed by atoms with van der Waals surface area (Å²) in [6.45, 7) is 3.30. The summed E-state index contributed by atoms with van der Waals surface area (Å²) in [5.74, 6) is 0.977.